The standard InChI is InChI=1S/C23H24ClFN4O/c1-14-3-6-21(15(2)11-14)29-22(16-7-9-26-10-8-16)18(13-27-29)23(30)28-17-4-5-20(25)19(24)12-17/h3-6,11-13,16,26H,7-10H2,1-2H3,(H,28,30). The summed E-state index contributed by atoms with van der Waals surface area (Å²) in [6.07, 6.45) is 3.48. The lowest BCUT2D eigenvalue weighted by Gasteiger charge is -2.25. The SMILES string of the molecule is Cc1ccc(-n2ncc(C(=O)Nc3ccc(F)c(Cl)c3)c2C2CCNCC2)c(C)c1. The van der Waals surface area contributed by atoms with Crippen LogP contribution in [0.25, 0.3) is 5.69 Å². The van der Waals surface area contributed by atoms with E-state index in [0.717, 1.165) is 42.9 Å². The maximum atomic E-state index is 13.5. The number of aryl methyl sites for hydroxylation is 2. The predicted octanol–water partition coefficient (Wildman–Crippen LogP) is 5.00. The van der Waals surface area contributed by atoms with Crippen LogP contribution in [0.4, 0.5) is 10.1 Å². The molecule has 1 amide bonds. The molecule has 5 nitrogen and oxygen atoms in total. The lowest BCUT2D eigenvalue weighted by atomic mass is 9.91. The number of piperidine rings is 1. The van der Waals surface area contributed by atoms with Crippen LogP contribution in [0.2, 0.25) is 5.02 Å². The van der Waals surface area contributed by atoms with Gasteiger partial charge in [0.1, 0.15) is 5.82 Å². The van der Waals surface area contributed by atoms with E-state index >= 15 is 0 Å². The summed E-state index contributed by atoms with van der Waals surface area (Å²) in [5, 5.41) is 10.8. The van der Waals surface area contributed by atoms with Gasteiger partial charge in [-0.05, 0) is 69.6 Å². The van der Waals surface area contributed by atoms with Crippen LogP contribution in [0.5, 0.6) is 0 Å². The Hall–Kier alpha value is -2.70. The summed E-state index contributed by atoms with van der Waals surface area (Å²) in [6, 6.07) is 10.4. The number of hydrogen-bond donors (Lipinski definition) is 2. The van der Waals surface area contributed by atoms with Crippen LogP contribution >= 0.6 is 11.6 Å². The average Bonchev–Trinajstić information content (AvgIpc) is 3.16. The molecule has 0 radical (unpaired) electrons. The fourth-order valence-corrected chi connectivity index (χ4v) is 4.21. The summed E-state index contributed by atoms with van der Waals surface area (Å²) in [5.41, 5.74) is 5.14. The summed E-state index contributed by atoms with van der Waals surface area (Å²) in [7, 11) is 0. The molecule has 4 rings (SSSR count). The third-order valence-corrected chi connectivity index (χ3v) is 5.82. The lowest BCUT2D eigenvalue weighted by molar-refractivity contribution is 0.102. The van der Waals surface area contributed by atoms with E-state index in [4.69, 9.17) is 11.6 Å². The topological polar surface area (TPSA) is 59.0 Å². The smallest absolute Gasteiger partial charge is 0.259 e. The Bertz CT molecular complexity index is 1090. The molecule has 1 aliphatic rings. The third kappa shape index (κ3) is 4.11. The van der Waals surface area contributed by atoms with E-state index in [2.05, 4.69) is 41.7 Å². The molecule has 2 N–H and O–H groups in total. The fraction of sp³-hybridized carbons (Fsp3) is 0.304. The van der Waals surface area contributed by atoms with Gasteiger partial charge in [0.2, 0.25) is 0 Å². The van der Waals surface area contributed by atoms with E-state index in [1.54, 1.807) is 6.20 Å². The molecule has 0 spiro atoms. The number of benzene rings is 2. The molecule has 0 aliphatic carbocycles. The molecule has 1 aromatic heterocycles. The number of rotatable bonds is 4. The van der Waals surface area contributed by atoms with Gasteiger partial charge in [-0.1, -0.05) is 29.3 Å². The molecule has 156 valence electrons. The number of anilines is 1. The molecular formula is C23H24ClFN4O. The second-order valence-electron chi connectivity index (χ2n) is 7.75. The summed E-state index contributed by atoms with van der Waals surface area (Å²) < 4.78 is 15.4. The van der Waals surface area contributed by atoms with Crippen molar-refractivity contribution in [3.8, 4) is 5.69 Å². The van der Waals surface area contributed by atoms with Crippen LogP contribution in [0, 0.1) is 19.7 Å². The zero-order valence-electron chi connectivity index (χ0n) is 17.0. The third-order valence-electron chi connectivity index (χ3n) is 5.53. The van der Waals surface area contributed by atoms with Crippen molar-refractivity contribution >= 4 is 23.2 Å². The molecule has 0 saturated carbocycles. The van der Waals surface area contributed by atoms with E-state index in [0.29, 0.717) is 11.3 Å². The highest BCUT2D eigenvalue weighted by molar-refractivity contribution is 6.31. The van der Waals surface area contributed by atoms with Crippen molar-refractivity contribution in [2.24, 2.45) is 0 Å². The van der Waals surface area contributed by atoms with E-state index in [-0.39, 0.29) is 16.8 Å². The molecule has 2 heterocycles. The second kappa shape index (κ2) is 8.58. The van der Waals surface area contributed by atoms with Crippen molar-refractivity contribution in [1.82, 2.24) is 15.1 Å². The monoisotopic (exact) mass is 426 g/mol. The number of carbonyl (C=O) groups is 1. The molecule has 1 fully saturated rings. The molecule has 0 unspecified atom stereocenters. The number of amides is 1. The molecular weight excluding hydrogens is 403 g/mol. The first-order valence-corrected chi connectivity index (χ1v) is 10.4. The van der Waals surface area contributed by atoms with Crippen molar-refractivity contribution in [3.05, 3.63) is 75.8 Å². The molecule has 2 aromatic carbocycles. The van der Waals surface area contributed by atoms with Crippen LogP contribution in [0.3, 0.4) is 0 Å². The van der Waals surface area contributed by atoms with Gasteiger partial charge in [-0.25, -0.2) is 9.07 Å². The quantitative estimate of drug-likeness (QED) is 0.617. The maximum absolute atomic E-state index is 13.5. The Morgan fingerprint density at radius 2 is 1.97 bits per heavy atom. The Labute approximate surface area is 180 Å². The van der Waals surface area contributed by atoms with Gasteiger partial charge in [0, 0.05) is 11.6 Å². The van der Waals surface area contributed by atoms with Crippen LogP contribution in [-0.4, -0.2) is 28.8 Å². The van der Waals surface area contributed by atoms with Gasteiger partial charge in [-0.2, -0.15) is 5.10 Å². The number of hydrogen-bond acceptors (Lipinski definition) is 3. The predicted molar refractivity (Wildman–Crippen MR) is 117 cm³/mol. The minimum atomic E-state index is -0.521. The van der Waals surface area contributed by atoms with Crippen LogP contribution in [0.1, 0.15) is 45.9 Å². The molecule has 30 heavy (non-hydrogen) atoms. The minimum absolute atomic E-state index is 0.0302. The van der Waals surface area contributed by atoms with Crippen molar-refractivity contribution < 1.29 is 9.18 Å². The van der Waals surface area contributed by atoms with Gasteiger partial charge < -0.3 is 10.6 Å². The highest BCUT2D eigenvalue weighted by Crippen LogP contribution is 2.32. The number of nitrogens with zero attached hydrogens (tertiary/aromatic N) is 2. The van der Waals surface area contributed by atoms with Gasteiger partial charge in [0.25, 0.3) is 5.91 Å². The second-order valence-corrected chi connectivity index (χ2v) is 8.16. The largest absolute Gasteiger partial charge is 0.322 e. The fourth-order valence-electron chi connectivity index (χ4n) is 4.03. The van der Waals surface area contributed by atoms with Gasteiger partial charge in [0.15, 0.2) is 0 Å². The highest BCUT2D eigenvalue weighted by atomic mass is 35.5. The molecule has 3 aromatic rings. The number of halogens is 2. The van der Waals surface area contributed by atoms with Crippen LogP contribution in [0.15, 0.2) is 42.6 Å². The first kappa shape index (κ1) is 20.6. The van der Waals surface area contributed by atoms with Gasteiger partial charge in [-0.3, -0.25) is 4.79 Å². The Morgan fingerprint density at radius 3 is 2.67 bits per heavy atom. The number of carbonyl (C=O) groups excluding carboxylic acids is 1. The van der Waals surface area contributed by atoms with Gasteiger partial charge in [0.05, 0.1) is 28.2 Å². The summed E-state index contributed by atoms with van der Waals surface area (Å²) >= 11 is 5.86. The Morgan fingerprint density at radius 1 is 1.20 bits per heavy atom. The average molecular weight is 427 g/mol. The summed E-state index contributed by atoms with van der Waals surface area (Å²) in [6.45, 7) is 5.91. The minimum Gasteiger partial charge on any atom is -0.322 e. The number of nitrogens with one attached hydrogen (secondary N) is 2. The molecule has 0 bridgehead atoms. The van der Waals surface area contributed by atoms with Gasteiger partial charge in [-0.15, -0.1) is 0 Å². The zero-order valence-corrected chi connectivity index (χ0v) is 17.8. The van der Waals surface area contributed by atoms with Gasteiger partial charge >= 0.3 is 0 Å². The van der Waals surface area contributed by atoms with E-state index in [9.17, 15) is 9.18 Å². The normalized spacial score (nSPS) is 14.7. The maximum Gasteiger partial charge on any atom is 0.259 e. The van der Waals surface area contributed by atoms with E-state index < -0.39 is 5.82 Å². The van der Waals surface area contributed by atoms with Crippen molar-refractivity contribution in [1.29, 1.82) is 0 Å². The molecule has 1 saturated heterocycles. The van der Waals surface area contributed by atoms with Crippen LogP contribution < -0.4 is 10.6 Å². The first-order valence-electron chi connectivity index (χ1n) is 10.1. The summed E-state index contributed by atoms with van der Waals surface area (Å²) in [5.74, 6) is -0.582. The van der Waals surface area contributed by atoms with Crippen LogP contribution in [-0.2, 0) is 0 Å². The zero-order chi connectivity index (χ0) is 21.3. The lowest BCUT2D eigenvalue weighted by Crippen LogP contribution is -2.29. The Kier molecular flexibility index (Phi) is 5.88. The number of aromatic nitrogens is 2. The molecule has 1 aliphatic heterocycles. The van der Waals surface area contributed by atoms with E-state index in [1.807, 2.05) is 10.7 Å². The first-order chi connectivity index (χ1) is 14.4. The van der Waals surface area contributed by atoms with Crippen molar-refractivity contribution in [2.75, 3.05) is 18.4 Å². The van der Waals surface area contributed by atoms with E-state index in [1.165, 1.54) is 23.8 Å². The summed E-state index contributed by atoms with van der Waals surface area (Å²) in [4.78, 5) is 13.1. The van der Waals surface area contributed by atoms with Crippen molar-refractivity contribution in [2.45, 2.75) is 32.6 Å². The molecule has 0 atom stereocenters. The highest BCUT2D eigenvalue weighted by Gasteiger charge is 2.27. The Balaban J connectivity index is 1.74. The van der Waals surface area contributed by atoms with Crippen molar-refractivity contribution in [3.63, 3.8) is 0 Å². The molecule has 7 heteroatoms.